The summed E-state index contributed by atoms with van der Waals surface area (Å²) in [6.45, 7) is 1.37. The summed E-state index contributed by atoms with van der Waals surface area (Å²) in [4.78, 5) is 27.0. The smallest absolute Gasteiger partial charge is 0.475 e. The van der Waals surface area contributed by atoms with Crippen LogP contribution in [0.3, 0.4) is 0 Å². The second-order valence-electron chi connectivity index (χ2n) is 6.56. The lowest BCUT2D eigenvalue weighted by molar-refractivity contribution is -0.192. The zero-order chi connectivity index (χ0) is 22.3. The molecule has 0 spiro atoms. The summed E-state index contributed by atoms with van der Waals surface area (Å²) in [5, 5.41) is 7.12. The van der Waals surface area contributed by atoms with E-state index in [1.165, 1.54) is 18.3 Å². The molecule has 0 aromatic carbocycles. The average Bonchev–Trinajstić information content (AvgIpc) is 2.96. The zero-order valence-corrected chi connectivity index (χ0v) is 16.1. The molecule has 0 radical (unpaired) electrons. The van der Waals surface area contributed by atoms with Gasteiger partial charge >= 0.3 is 12.1 Å². The number of aromatic nitrogens is 1. The van der Waals surface area contributed by atoms with Crippen LogP contribution in [0.15, 0.2) is 18.3 Å². The number of halogens is 4. The molecule has 1 aliphatic carbocycles. The number of carboxylic acids is 1. The van der Waals surface area contributed by atoms with E-state index in [0.29, 0.717) is 26.2 Å². The molecule has 1 saturated heterocycles. The number of pyridine rings is 1. The number of fused-ring (bicyclic) bond motifs is 2. The number of ether oxygens (including phenoxy) is 3. The normalized spacial score (nSPS) is 23.2. The Bertz CT molecular complexity index is 733. The molecule has 3 rings (SSSR count). The summed E-state index contributed by atoms with van der Waals surface area (Å²) in [7, 11) is 1.57. The second-order valence-corrected chi connectivity index (χ2v) is 6.56. The molecule has 3 unspecified atom stereocenters. The third kappa shape index (κ3) is 6.26. The predicted molar refractivity (Wildman–Crippen MR) is 93.3 cm³/mol. The molecule has 1 aromatic heterocycles. The van der Waals surface area contributed by atoms with Crippen molar-refractivity contribution in [3.63, 3.8) is 0 Å². The van der Waals surface area contributed by atoms with Crippen molar-refractivity contribution in [2.24, 2.45) is 0 Å². The molecular weight excluding hydrogens is 416 g/mol. The fourth-order valence-electron chi connectivity index (χ4n) is 3.27. The Morgan fingerprint density at radius 3 is 2.67 bits per heavy atom. The van der Waals surface area contributed by atoms with Crippen LogP contribution >= 0.6 is 0 Å². The van der Waals surface area contributed by atoms with E-state index in [1.54, 1.807) is 12.0 Å². The summed E-state index contributed by atoms with van der Waals surface area (Å²) in [5.41, 5.74) is 0. The first-order chi connectivity index (χ1) is 14.1. The van der Waals surface area contributed by atoms with Gasteiger partial charge in [-0.2, -0.15) is 13.2 Å². The molecule has 30 heavy (non-hydrogen) atoms. The van der Waals surface area contributed by atoms with E-state index in [2.05, 4.69) is 4.98 Å². The molecular formula is C18H22F4N2O6. The van der Waals surface area contributed by atoms with Crippen molar-refractivity contribution >= 4 is 11.9 Å². The number of methoxy groups -OCH3 is 1. The SMILES string of the molecule is COCCC(=O)N1CCOC2CCC1C2Oc1ncccc1F.O=C(O)C(F)(F)F. The maximum atomic E-state index is 13.8. The Hall–Kier alpha value is -2.47. The van der Waals surface area contributed by atoms with Crippen molar-refractivity contribution in [3.05, 3.63) is 24.1 Å². The van der Waals surface area contributed by atoms with Crippen LogP contribution < -0.4 is 4.74 Å². The van der Waals surface area contributed by atoms with Gasteiger partial charge in [-0.3, -0.25) is 4.79 Å². The molecule has 168 valence electrons. The lowest BCUT2D eigenvalue weighted by atomic mass is 10.1. The first-order valence-corrected chi connectivity index (χ1v) is 9.12. The van der Waals surface area contributed by atoms with Gasteiger partial charge in [0.05, 0.1) is 31.8 Å². The van der Waals surface area contributed by atoms with Crippen LogP contribution in [-0.2, 0) is 19.1 Å². The fourth-order valence-corrected chi connectivity index (χ4v) is 3.27. The summed E-state index contributed by atoms with van der Waals surface area (Å²) in [6.07, 6.45) is -2.24. The van der Waals surface area contributed by atoms with Gasteiger partial charge in [0.15, 0.2) is 5.82 Å². The van der Waals surface area contributed by atoms with Gasteiger partial charge in [-0.25, -0.2) is 14.2 Å². The number of hydrogen-bond acceptors (Lipinski definition) is 6. The zero-order valence-electron chi connectivity index (χ0n) is 16.1. The molecule has 3 atom stereocenters. The molecule has 1 N–H and O–H groups in total. The van der Waals surface area contributed by atoms with E-state index < -0.39 is 24.1 Å². The van der Waals surface area contributed by atoms with Crippen LogP contribution in [0.5, 0.6) is 5.88 Å². The van der Waals surface area contributed by atoms with Crippen LogP contribution in [0.4, 0.5) is 17.6 Å². The number of carbonyl (C=O) groups is 2. The summed E-state index contributed by atoms with van der Waals surface area (Å²) >= 11 is 0. The van der Waals surface area contributed by atoms with Crippen molar-refractivity contribution < 1.29 is 46.5 Å². The van der Waals surface area contributed by atoms with Crippen LogP contribution in [0.1, 0.15) is 19.3 Å². The summed E-state index contributed by atoms with van der Waals surface area (Å²) in [6, 6.07) is 2.71. The largest absolute Gasteiger partial charge is 0.490 e. The van der Waals surface area contributed by atoms with Crippen molar-refractivity contribution in [2.45, 2.75) is 43.7 Å². The minimum atomic E-state index is -5.08. The van der Waals surface area contributed by atoms with Gasteiger partial charge < -0.3 is 24.2 Å². The number of nitrogens with zero attached hydrogens (tertiary/aromatic N) is 2. The molecule has 2 fully saturated rings. The molecule has 1 amide bonds. The van der Waals surface area contributed by atoms with Gasteiger partial charge in [0, 0.05) is 19.9 Å². The monoisotopic (exact) mass is 438 g/mol. The van der Waals surface area contributed by atoms with Crippen molar-refractivity contribution in [3.8, 4) is 5.88 Å². The molecule has 2 bridgehead atoms. The lowest BCUT2D eigenvalue weighted by Crippen LogP contribution is -2.48. The van der Waals surface area contributed by atoms with Crippen molar-refractivity contribution in [1.82, 2.24) is 9.88 Å². The van der Waals surface area contributed by atoms with Gasteiger partial charge in [0.1, 0.15) is 6.10 Å². The fraction of sp³-hybridized carbons (Fsp3) is 0.611. The van der Waals surface area contributed by atoms with Gasteiger partial charge in [-0.05, 0) is 25.0 Å². The number of carboxylic acid groups (broad SMARTS) is 1. The predicted octanol–water partition coefficient (Wildman–Crippen LogP) is 2.03. The molecule has 12 heteroatoms. The van der Waals surface area contributed by atoms with Gasteiger partial charge in [0.25, 0.3) is 5.88 Å². The Balaban J connectivity index is 0.000000396. The summed E-state index contributed by atoms with van der Waals surface area (Å²) < 4.78 is 62.1. The Morgan fingerprint density at radius 1 is 1.37 bits per heavy atom. The highest BCUT2D eigenvalue weighted by Gasteiger charge is 2.45. The Morgan fingerprint density at radius 2 is 2.07 bits per heavy atom. The highest BCUT2D eigenvalue weighted by Crippen LogP contribution is 2.33. The maximum Gasteiger partial charge on any atom is 0.490 e. The van der Waals surface area contributed by atoms with Gasteiger partial charge in [-0.1, -0.05) is 0 Å². The standard InChI is InChI=1S/C16H21FN2O4.C2HF3O2/c1-21-9-6-14(20)19-8-10-22-13-5-4-12(19)15(13)23-16-11(17)3-2-7-18-16;3-2(4,5)1(6)7/h2-3,7,12-13,15H,4-6,8-10H2,1H3;(H,6,7). The third-order valence-corrected chi connectivity index (χ3v) is 4.61. The highest BCUT2D eigenvalue weighted by molar-refractivity contribution is 5.77. The van der Waals surface area contributed by atoms with E-state index in [1.807, 2.05) is 0 Å². The van der Waals surface area contributed by atoms with Crippen LogP contribution in [0.25, 0.3) is 0 Å². The van der Waals surface area contributed by atoms with Crippen LogP contribution in [0, 0.1) is 5.82 Å². The quantitative estimate of drug-likeness (QED) is 0.703. The highest BCUT2D eigenvalue weighted by atomic mass is 19.4. The topological polar surface area (TPSA) is 98.2 Å². The third-order valence-electron chi connectivity index (χ3n) is 4.61. The number of rotatable bonds is 5. The molecule has 2 aliphatic rings. The molecule has 2 heterocycles. The Kier molecular flexibility index (Phi) is 8.35. The number of amides is 1. The first kappa shape index (κ1) is 23.8. The number of carbonyl (C=O) groups excluding carboxylic acids is 1. The molecule has 8 nitrogen and oxygen atoms in total. The van der Waals surface area contributed by atoms with E-state index in [9.17, 15) is 22.4 Å². The lowest BCUT2D eigenvalue weighted by Gasteiger charge is -2.31. The van der Waals surface area contributed by atoms with Crippen LogP contribution in [-0.4, -0.2) is 78.2 Å². The van der Waals surface area contributed by atoms with Crippen molar-refractivity contribution in [2.75, 3.05) is 26.9 Å². The minimum Gasteiger partial charge on any atom is -0.475 e. The van der Waals surface area contributed by atoms with Gasteiger partial charge in [0.2, 0.25) is 5.91 Å². The number of alkyl halides is 3. The van der Waals surface area contributed by atoms with E-state index >= 15 is 0 Å². The van der Waals surface area contributed by atoms with Crippen molar-refractivity contribution in [1.29, 1.82) is 0 Å². The number of hydrogen-bond donors (Lipinski definition) is 1. The molecule has 1 aliphatic heterocycles. The first-order valence-electron chi connectivity index (χ1n) is 9.12. The van der Waals surface area contributed by atoms with Gasteiger partial charge in [-0.15, -0.1) is 0 Å². The van der Waals surface area contributed by atoms with E-state index in [0.717, 1.165) is 12.8 Å². The number of aliphatic carboxylic acids is 1. The van der Waals surface area contributed by atoms with Crippen LogP contribution in [0.2, 0.25) is 0 Å². The summed E-state index contributed by atoms with van der Waals surface area (Å²) in [5.74, 6) is -3.29. The molecule has 1 aromatic rings. The minimum absolute atomic E-state index is 0.0121. The average molecular weight is 438 g/mol. The maximum absolute atomic E-state index is 13.8. The van der Waals surface area contributed by atoms with E-state index in [4.69, 9.17) is 24.1 Å². The molecule has 1 saturated carbocycles. The second kappa shape index (κ2) is 10.5. The Labute approximate surface area is 169 Å². The van der Waals surface area contributed by atoms with E-state index in [-0.39, 0.29) is 23.9 Å².